The van der Waals surface area contributed by atoms with Crippen molar-refractivity contribution in [3.8, 4) is 5.75 Å². The first kappa shape index (κ1) is 14.4. The monoisotopic (exact) mass is 251 g/mol. The molecule has 0 aliphatic rings. The second kappa shape index (κ2) is 6.89. The van der Waals surface area contributed by atoms with Gasteiger partial charge in [0.05, 0.1) is 13.7 Å². The molecule has 0 unspecified atom stereocenters. The molecule has 0 aliphatic heterocycles. The molecule has 1 N–H and O–H groups in total. The molecule has 1 amide bonds. The lowest BCUT2D eigenvalue weighted by Gasteiger charge is -2.15. The molecule has 0 radical (unpaired) electrons. The van der Waals surface area contributed by atoms with E-state index in [1.807, 2.05) is 0 Å². The van der Waals surface area contributed by atoms with Crippen LogP contribution in [0.4, 0.5) is 10.5 Å². The summed E-state index contributed by atoms with van der Waals surface area (Å²) in [6.07, 6.45) is -0.423. The Bertz CT molecular complexity index is 373. The minimum absolute atomic E-state index is 0.353. The van der Waals surface area contributed by atoms with Gasteiger partial charge in [0.15, 0.2) is 0 Å². The van der Waals surface area contributed by atoms with E-state index in [-0.39, 0.29) is 0 Å². The van der Waals surface area contributed by atoms with Gasteiger partial charge >= 0.3 is 6.09 Å². The van der Waals surface area contributed by atoms with E-state index in [1.54, 1.807) is 31.4 Å². The van der Waals surface area contributed by atoms with Crippen molar-refractivity contribution in [2.45, 2.75) is 20.8 Å². The van der Waals surface area contributed by atoms with E-state index in [2.05, 4.69) is 26.1 Å². The molecule has 0 heterocycles. The number of methoxy groups -OCH3 is 1. The number of carbonyl (C=O) groups excluding carboxylic acids is 1. The zero-order valence-corrected chi connectivity index (χ0v) is 11.4. The number of rotatable bonds is 5. The van der Waals surface area contributed by atoms with Gasteiger partial charge in [-0.15, -0.1) is 0 Å². The van der Waals surface area contributed by atoms with Crippen LogP contribution in [0.2, 0.25) is 0 Å². The highest BCUT2D eigenvalue weighted by molar-refractivity contribution is 5.84. The maximum Gasteiger partial charge on any atom is 0.411 e. The minimum atomic E-state index is -0.423. The Hall–Kier alpha value is -1.71. The number of ether oxygens (including phenoxy) is 2. The molecule has 4 nitrogen and oxygen atoms in total. The van der Waals surface area contributed by atoms with Gasteiger partial charge in [-0.1, -0.05) is 20.8 Å². The lowest BCUT2D eigenvalue weighted by molar-refractivity contribution is 0.133. The molecule has 100 valence electrons. The maximum absolute atomic E-state index is 11.5. The van der Waals surface area contributed by atoms with Crippen molar-refractivity contribution in [3.63, 3.8) is 0 Å². The molecule has 1 aromatic rings. The molecular formula is C14H21NO3. The molecule has 1 aromatic carbocycles. The van der Waals surface area contributed by atoms with Gasteiger partial charge in [-0.25, -0.2) is 4.79 Å². The fraction of sp³-hybridized carbons (Fsp3) is 0.500. The van der Waals surface area contributed by atoms with Gasteiger partial charge in [-0.2, -0.15) is 0 Å². The van der Waals surface area contributed by atoms with E-state index in [0.717, 1.165) is 5.75 Å². The largest absolute Gasteiger partial charge is 0.497 e. The summed E-state index contributed by atoms with van der Waals surface area (Å²) in [6.45, 7) is 6.70. The maximum atomic E-state index is 11.5. The van der Waals surface area contributed by atoms with Crippen LogP contribution in [0.5, 0.6) is 5.75 Å². The van der Waals surface area contributed by atoms with E-state index >= 15 is 0 Å². The highest BCUT2D eigenvalue weighted by Gasteiger charge is 2.10. The first-order valence-electron chi connectivity index (χ1n) is 6.10. The normalized spacial score (nSPS) is 12.1. The minimum Gasteiger partial charge on any atom is -0.497 e. The Kier molecular flexibility index (Phi) is 5.49. The third-order valence-corrected chi connectivity index (χ3v) is 2.95. The number of carbonyl (C=O) groups is 1. The number of benzene rings is 1. The third kappa shape index (κ3) is 4.65. The number of hydrogen-bond acceptors (Lipinski definition) is 3. The topological polar surface area (TPSA) is 47.6 Å². The molecule has 1 atom stereocenters. The van der Waals surface area contributed by atoms with Gasteiger partial charge in [-0.05, 0) is 36.1 Å². The summed E-state index contributed by atoms with van der Waals surface area (Å²) >= 11 is 0. The molecule has 0 aliphatic carbocycles. The smallest absolute Gasteiger partial charge is 0.411 e. The van der Waals surface area contributed by atoms with Crippen molar-refractivity contribution in [1.29, 1.82) is 0 Å². The summed E-state index contributed by atoms with van der Waals surface area (Å²) in [5.74, 6) is 1.60. The van der Waals surface area contributed by atoms with E-state index in [4.69, 9.17) is 9.47 Å². The average molecular weight is 251 g/mol. The van der Waals surface area contributed by atoms with Crippen molar-refractivity contribution < 1.29 is 14.3 Å². The van der Waals surface area contributed by atoms with Gasteiger partial charge in [0.1, 0.15) is 5.75 Å². The van der Waals surface area contributed by atoms with Crippen molar-refractivity contribution >= 4 is 11.8 Å². The summed E-state index contributed by atoms with van der Waals surface area (Å²) < 4.78 is 10.2. The lowest BCUT2D eigenvalue weighted by Crippen LogP contribution is -2.19. The summed E-state index contributed by atoms with van der Waals surface area (Å²) in [4.78, 5) is 11.5. The predicted octanol–water partition coefficient (Wildman–Crippen LogP) is 3.54. The van der Waals surface area contributed by atoms with Gasteiger partial charge in [0, 0.05) is 5.69 Å². The van der Waals surface area contributed by atoms with Crippen LogP contribution in [0, 0.1) is 11.8 Å². The summed E-state index contributed by atoms with van der Waals surface area (Å²) in [5.41, 5.74) is 0.693. The molecule has 0 fully saturated rings. The molecular weight excluding hydrogens is 230 g/mol. The van der Waals surface area contributed by atoms with E-state index in [0.29, 0.717) is 24.1 Å². The Balaban J connectivity index is 2.39. The molecule has 0 bridgehead atoms. The van der Waals surface area contributed by atoms with Crippen molar-refractivity contribution in [2.75, 3.05) is 19.0 Å². The van der Waals surface area contributed by atoms with Crippen molar-refractivity contribution in [2.24, 2.45) is 11.8 Å². The highest BCUT2D eigenvalue weighted by atomic mass is 16.5. The number of amides is 1. The first-order chi connectivity index (χ1) is 8.52. The van der Waals surface area contributed by atoms with Crippen LogP contribution in [-0.2, 0) is 4.74 Å². The number of anilines is 1. The van der Waals surface area contributed by atoms with E-state index < -0.39 is 6.09 Å². The third-order valence-electron chi connectivity index (χ3n) is 2.95. The summed E-state index contributed by atoms with van der Waals surface area (Å²) in [7, 11) is 1.60. The molecule has 0 saturated heterocycles. The van der Waals surface area contributed by atoms with Crippen LogP contribution >= 0.6 is 0 Å². The van der Waals surface area contributed by atoms with Crippen LogP contribution in [0.1, 0.15) is 20.8 Å². The first-order valence-corrected chi connectivity index (χ1v) is 6.10. The lowest BCUT2D eigenvalue weighted by atomic mass is 10.00. The standard InChI is InChI=1S/C14H21NO3/c1-10(2)11(3)9-18-14(16)15-12-5-7-13(17-4)8-6-12/h5-8,10-11H,9H2,1-4H3,(H,15,16)/t11-/m1/s1. The average Bonchev–Trinajstić information content (AvgIpc) is 2.36. The molecule has 18 heavy (non-hydrogen) atoms. The quantitative estimate of drug-likeness (QED) is 0.870. The van der Waals surface area contributed by atoms with E-state index in [1.165, 1.54) is 0 Å². The van der Waals surface area contributed by atoms with Crippen LogP contribution in [0.3, 0.4) is 0 Å². The van der Waals surface area contributed by atoms with Crippen LogP contribution in [0.25, 0.3) is 0 Å². The fourth-order valence-electron chi connectivity index (χ4n) is 1.23. The second-order valence-electron chi connectivity index (χ2n) is 4.67. The molecule has 0 saturated carbocycles. The predicted molar refractivity (Wildman–Crippen MR) is 72.0 cm³/mol. The van der Waals surface area contributed by atoms with Gasteiger partial charge < -0.3 is 9.47 Å². The molecule has 0 aromatic heterocycles. The fourth-order valence-corrected chi connectivity index (χ4v) is 1.23. The Morgan fingerprint density at radius 2 is 1.83 bits per heavy atom. The number of hydrogen-bond donors (Lipinski definition) is 1. The summed E-state index contributed by atoms with van der Waals surface area (Å²) in [6, 6.07) is 7.11. The second-order valence-corrected chi connectivity index (χ2v) is 4.67. The van der Waals surface area contributed by atoms with Gasteiger partial charge in [0.2, 0.25) is 0 Å². The summed E-state index contributed by atoms with van der Waals surface area (Å²) in [5, 5.41) is 2.67. The molecule has 1 rings (SSSR count). The van der Waals surface area contributed by atoms with Crippen LogP contribution < -0.4 is 10.1 Å². The zero-order valence-electron chi connectivity index (χ0n) is 11.4. The van der Waals surface area contributed by atoms with Gasteiger partial charge in [0.25, 0.3) is 0 Å². The zero-order chi connectivity index (χ0) is 13.5. The van der Waals surface area contributed by atoms with Gasteiger partial charge in [-0.3, -0.25) is 5.32 Å². The SMILES string of the molecule is COc1ccc(NC(=O)OC[C@@H](C)C(C)C)cc1. The molecule has 0 spiro atoms. The Morgan fingerprint density at radius 3 is 2.33 bits per heavy atom. The van der Waals surface area contributed by atoms with E-state index in [9.17, 15) is 4.79 Å². The highest BCUT2D eigenvalue weighted by Crippen LogP contribution is 2.15. The number of nitrogens with one attached hydrogen (secondary N) is 1. The van der Waals surface area contributed by atoms with Crippen molar-refractivity contribution in [3.05, 3.63) is 24.3 Å². The Labute approximate surface area is 108 Å². The van der Waals surface area contributed by atoms with Crippen LogP contribution in [-0.4, -0.2) is 19.8 Å². The molecule has 4 heteroatoms. The Morgan fingerprint density at radius 1 is 1.22 bits per heavy atom. The van der Waals surface area contributed by atoms with Crippen molar-refractivity contribution in [1.82, 2.24) is 0 Å². The van der Waals surface area contributed by atoms with Crippen LogP contribution in [0.15, 0.2) is 24.3 Å².